The fraction of sp³-hybridized carbons (Fsp3) is 0.375. The van der Waals surface area contributed by atoms with Crippen LogP contribution in [0.3, 0.4) is 0 Å². The Hall–Kier alpha value is -2.15. The van der Waals surface area contributed by atoms with Gasteiger partial charge in [0.2, 0.25) is 0 Å². The van der Waals surface area contributed by atoms with E-state index in [0.717, 1.165) is 12.1 Å². The average Bonchev–Trinajstić information content (AvgIpc) is 2.63. The van der Waals surface area contributed by atoms with E-state index in [2.05, 4.69) is 77.1 Å². The first-order valence-electron chi connectivity index (χ1n) is 9.46. The van der Waals surface area contributed by atoms with Crippen LogP contribution in [0.25, 0.3) is 22.0 Å². The van der Waals surface area contributed by atoms with E-state index in [0.29, 0.717) is 0 Å². The van der Waals surface area contributed by atoms with Crippen LogP contribution in [0.4, 0.5) is 0 Å². The Balaban J connectivity index is 2.36. The smallest absolute Gasteiger partial charge is 0.0714 e. The number of aromatic nitrogens is 1. The van der Waals surface area contributed by atoms with Crippen molar-refractivity contribution in [1.29, 1.82) is 0 Å². The summed E-state index contributed by atoms with van der Waals surface area (Å²) in [6.45, 7) is 11.3. The summed E-state index contributed by atoms with van der Waals surface area (Å²) in [7, 11) is 0. The maximum Gasteiger partial charge on any atom is 0.0714 e. The molecule has 0 spiro atoms. The molecule has 0 amide bonds. The predicted molar refractivity (Wildman–Crippen MR) is 109 cm³/mol. The van der Waals surface area contributed by atoms with E-state index < -0.39 is 0 Å². The average molecular weight is 332 g/mol. The zero-order valence-electron chi connectivity index (χ0n) is 16.2. The number of pyridine rings is 1. The molecule has 0 saturated heterocycles. The van der Waals surface area contributed by atoms with Gasteiger partial charge < -0.3 is 0 Å². The van der Waals surface area contributed by atoms with Gasteiger partial charge in [-0.25, -0.2) is 0 Å². The molecule has 0 fully saturated rings. The molecule has 3 aromatic rings. The van der Waals surface area contributed by atoms with Gasteiger partial charge in [0, 0.05) is 11.8 Å². The number of rotatable bonds is 5. The van der Waals surface area contributed by atoms with E-state index in [9.17, 15) is 0 Å². The lowest BCUT2D eigenvalue weighted by Crippen LogP contribution is -2.22. The van der Waals surface area contributed by atoms with Gasteiger partial charge in [0.15, 0.2) is 0 Å². The molecule has 25 heavy (non-hydrogen) atoms. The Morgan fingerprint density at radius 3 is 2.40 bits per heavy atom. The lowest BCUT2D eigenvalue weighted by molar-refractivity contribution is 0.415. The molecule has 1 atom stereocenters. The molecule has 2 aromatic carbocycles. The molecular formula is C24H29N. The van der Waals surface area contributed by atoms with Gasteiger partial charge in [-0.1, -0.05) is 63.6 Å². The second kappa shape index (κ2) is 7.00. The molecule has 130 valence electrons. The summed E-state index contributed by atoms with van der Waals surface area (Å²) >= 11 is 0. The highest BCUT2D eigenvalue weighted by Gasteiger charge is 2.28. The van der Waals surface area contributed by atoms with E-state index in [4.69, 9.17) is 4.98 Å². The summed E-state index contributed by atoms with van der Waals surface area (Å²) in [5, 5.41) is 2.60. The SMILES string of the molecule is CCCC(C)(CC)c1ccc2ccccc2c1-c1cc(C)c(C)cn1. The zero-order chi connectivity index (χ0) is 18.0. The van der Waals surface area contributed by atoms with E-state index in [1.807, 2.05) is 6.20 Å². The standard InChI is InChI=1S/C24H29N/c1-6-14-24(5,7-2)21-13-12-19-10-8-9-11-20(19)23(21)22-15-17(3)18(4)16-25-22/h8-13,15-16H,6-7,14H2,1-5H3. The first-order chi connectivity index (χ1) is 12.0. The number of benzene rings is 2. The van der Waals surface area contributed by atoms with Crippen LogP contribution < -0.4 is 0 Å². The number of nitrogens with zero attached hydrogens (tertiary/aromatic N) is 1. The Morgan fingerprint density at radius 1 is 0.960 bits per heavy atom. The van der Waals surface area contributed by atoms with E-state index in [1.54, 1.807) is 0 Å². The molecule has 1 heteroatoms. The highest BCUT2D eigenvalue weighted by atomic mass is 14.7. The Morgan fingerprint density at radius 2 is 1.72 bits per heavy atom. The molecule has 3 rings (SSSR count). The number of hydrogen-bond donors (Lipinski definition) is 0. The minimum absolute atomic E-state index is 0.175. The van der Waals surface area contributed by atoms with Crippen LogP contribution in [-0.2, 0) is 5.41 Å². The molecule has 0 N–H and O–H groups in total. The molecule has 1 aromatic heterocycles. The highest BCUT2D eigenvalue weighted by molar-refractivity contribution is 5.98. The number of aryl methyl sites for hydroxylation is 2. The minimum atomic E-state index is 0.175. The van der Waals surface area contributed by atoms with Gasteiger partial charge in [0.1, 0.15) is 0 Å². The molecule has 0 saturated carbocycles. The van der Waals surface area contributed by atoms with E-state index >= 15 is 0 Å². The predicted octanol–water partition coefficient (Wildman–Crippen LogP) is 6.99. The monoisotopic (exact) mass is 331 g/mol. The fourth-order valence-corrected chi connectivity index (χ4v) is 3.87. The van der Waals surface area contributed by atoms with Crippen LogP contribution in [0.15, 0.2) is 48.7 Å². The van der Waals surface area contributed by atoms with Crippen molar-refractivity contribution in [3.63, 3.8) is 0 Å². The van der Waals surface area contributed by atoms with Gasteiger partial charge in [0.05, 0.1) is 5.69 Å². The molecule has 0 aliphatic heterocycles. The third kappa shape index (κ3) is 3.20. The van der Waals surface area contributed by atoms with Crippen molar-refractivity contribution in [2.45, 2.75) is 59.3 Å². The molecule has 0 aliphatic rings. The van der Waals surface area contributed by atoms with Crippen molar-refractivity contribution in [1.82, 2.24) is 4.98 Å². The summed E-state index contributed by atoms with van der Waals surface area (Å²) in [5.74, 6) is 0. The third-order valence-corrected chi connectivity index (χ3v) is 5.79. The molecule has 0 bridgehead atoms. The third-order valence-electron chi connectivity index (χ3n) is 5.79. The van der Waals surface area contributed by atoms with Gasteiger partial charge in [0.25, 0.3) is 0 Å². The van der Waals surface area contributed by atoms with E-state index in [-0.39, 0.29) is 5.41 Å². The van der Waals surface area contributed by atoms with Crippen LogP contribution in [0, 0.1) is 13.8 Å². The summed E-state index contributed by atoms with van der Waals surface area (Å²) in [6, 6.07) is 15.6. The highest BCUT2D eigenvalue weighted by Crippen LogP contribution is 2.42. The van der Waals surface area contributed by atoms with Gasteiger partial charge in [-0.3, -0.25) is 4.98 Å². The van der Waals surface area contributed by atoms with Gasteiger partial charge in [-0.15, -0.1) is 0 Å². The molecule has 1 unspecified atom stereocenters. The molecule has 1 nitrogen and oxygen atoms in total. The topological polar surface area (TPSA) is 12.9 Å². The fourth-order valence-electron chi connectivity index (χ4n) is 3.87. The normalized spacial score (nSPS) is 13.8. The number of fused-ring (bicyclic) bond motifs is 1. The van der Waals surface area contributed by atoms with Crippen LogP contribution in [0.2, 0.25) is 0 Å². The number of hydrogen-bond acceptors (Lipinski definition) is 1. The van der Waals surface area contributed by atoms with Crippen LogP contribution in [-0.4, -0.2) is 4.98 Å². The van der Waals surface area contributed by atoms with Crippen LogP contribution >= 0.6 is 0 Å². The summed E-state index contributed by atoms with van der Waals surface area (Å²) in [6.07, 6.45) is 5.53. The van der Waals surface area contributed by atoms with Crippen LogP contribution in [0.5, 0.6) is 0 Å². The maximum atomic E-state index is 4.83. The van der Waals surface area contributed by atoms with Crippen molar-refractivity contribution < 1.29 is 0 Å². The van der Waals surface area contributed by atoms with Crippen molar-refractivity contribution in [2.75, 3.05) is 0 Å². The molecule has 0 aliphatic carbocycles. The van der Waals surface area contributed by atoms with Crippen molar-refractivity contribution in [3.05, 3.63) is 65.4 Å². The molecular weight excluding hydrogens is 302 g/mol. The van der Waals surface area contributed by atoms with E-state index in [1.165, 1.54) is 45.9 Å². The lowest BCUT2D eigenvalue weighted by atomic mass is 9.73. The quantitative estimate of drug-likeness (QED) is 0.491. The minimum Gasteiger partial charge on any atom is -0.256 e. The Bertz CT molecular complexity index is 894. The molecule has 0 radical (unpaired) electrons. The molecule has 1 heterocycles. The maximum absolute atomic E-state index is 4.83. The second-order valence-corrected chi connectivity index (χ2v) is 7.53. The lowest BCUT2D eigenvalue weighted by Gasteiger charge is -2.31. The Kier molecular flexibility index (Phi) is 4.94. The van der Waals surface area contributed by atoms with Crippen molar-refractivity contribution in [3.8, 4) is 11.3 Å². The summed E-state index contributed by atoms with van der Waals surface area (Å²) < 4.78 is 0. The zero-order valence-corrected chi connectivity index (χ0v) is 16.2. The largest absolute Gasteiger partial charge is 0.256 e. The van der Waals surface area contributed by atoms with Crippen LogP contribution in [0.1, 0.15) is 56.7 Å². The summed E-state index contributed by atoms with van der Waals surface area (Å²) in [5.41, 5.74) is 6.58. The van der Waals surface area contributed by atoms with Crippen molar-refractivity contribution >= 4 is 10.8 Å². The summed E-state index contributed by atoms with van der Waals surface area (Å²) in [4.78, 5) is 4.83. The Labute approximate surface area is 152 Å². The second-order valence-electron chi connectivity index (χ2n) is 7.53. The van der Waals surface area contributed by atoms with Gasteiger partial charge in [-0.05, 0) is 65.6 Å². The first-order valence-corrected chi connectivity index (χ1v) is 9.46. The first kappa shape index (κ1) is 17.7. The van der Waals surface area contributed by atoms with Gasteiger partial charge in [-0.2, -0.15) is 0 Å². The van der Waals surface area contributed by atoms with Gasteiger partial charge >= 0.3 is 0 Å². The van der Waals surface area contributed by atoms with Crippen molar-refractivity contribution in [2.24, 2.45) is 0 Å².